The Labute approximate surface area is 142 Å². The Morgan fingerprint density at radius 2 is 1.96 bits per heavy atom. The summed E-state index contributed by atoms with van der Waals surface area (Å²) in [5.74, 6) is -0.362. The Morgan fingerprint density at radius 1 is 1.20 bits per heavy atom. The van der Waals surface area contributed by atoms with Crippen LogP contribution in [0.2, 0.25) is 0 Å². The van der Waals surface area contributed by atoms with Crippen LogP contribution in [0.15, 0.2) is 29.1 Å². The number of H-pyrrole nitrogens is 1. The number of amides is 2. The summed E-state index contributed by atoms with van der Waals surface area (Å²) in [6.45, 7) is 2.07. The minimum Gasteiger partial charge on any atom is -0.376 e. The lowest BCUT2D eigenvalue weighted by Gasteiger charge is -2.47. The van der Waals surface area contributed by atoms with Crippen molar-refractivity contribution in [3.05, 3.63) is 40.3 Å². The molecule has 1 saturated carbocycles. The van der Waals surface area contributed by atoms with Crippen LogP contribution in [0.3, 0.4) is 0 Å². The summed E-state index contributed by atoms with van der Waals surface area (Å²) in [7, 11) is 0. The van der Waals surface area contributed by atoms with Crippen molar-refractivity contribution in [1.82, 2.24) is 20.8 Å². The topological polar surface area (TPSA) is 113 Å². The molecule has 2 aromatic rings. The van der Waals surface area contributed by atoms with Gasteiger partial charge in [0, 0.05) is 24.8 Å². The highest BCUT2D eigenvalue weighted by molar-refractivity contribution is 6.04. The normalized spacial score (nSPS) is 27.4. The second-order valence-electron chi connectivity index (χ2n) is 6.46. The van der Waals surface area contributed by atoms with Crippen LogP contribution in [0.4, 0.5) is 0 Å². The summed E-state index contributed by atoms with van der Waals surface area (Å²) in [5.41, 5.74) is -0.171. The molecular formula is C17H18N4O4. The smallest absolute Gasteiger partial charge is 0.272 e. The largest absolute Gasteiger partial charge is 0.376 e. The summed E-state index contributed by atoms with van der Waals surface area (Å²) in [4.78, 5) is 36.0. The number of aromatic nitrogens is 2. The molecular weight excluding hydrogens is 324 g/mol. The number of aromatic amines is 1. The minimum atomic E-state index is -0.377. The van der Waals surface area contributed by atoms with Gasteiger partial charge >= 0.3 is 0 Å². The van der Waals surface area contributed by atoms with E-state index in [0.29, 0.717) is 17.4 Å². The fraction of sp³-hybridized carbons (Fsp3) is 0.412. The van der Waals surface area contributed by atoms with Crippen LogP contribution in [0.5, 0.6) is 0 Å². The van der Waals surface area contributed by atoms with Crippen molar-refractivity contribution in [2.24, 2.45) is 5.92 Å². The van der Waals surface area contributed by atoms with E-state index in [-0.39, 0.29) is 47.2 Å². The molecule has 4 rings (SSSR count). The van der Waals surface area contributed by atoms with Gasteiger partial charge in [0.05, 0.1) is 23.6 Å². The van der Waals surface area contributed by atoms with Gasteiger partial charge in [0.25, 0.3) is 11.5 Å². The number of nitrogens with one attached hydrogen (secondary N) is 3. The molecule has 0 unspecified atom stereocenters. The molecule has 0 bridgehead atoms. The van der Waals surface area contributed by atoms with Crippen LogP contribution in [0.25, 0.3) is 10.8 Å². The number of hydrogen-bond acceptors (Lipinski definition) is 5. The van der Waals surface area contributed by atoms with E-state index in [2.05, 4.69) is 20.8 Å². The van der Waals surface area contributed by atoms with Crippen LogP contribution in [0.1, 0.15) is 23.8 Å². The molecule has 25 heavy (non-hydrogen) atoms. The number of benzene rings is 1. The fourth-order valence-electron chi connectivity index (χ4n) is 3.82. The van der Waals surface area contributed by atoms with Crippen LogP contribution in [-0.4, -0.2) is 46.8 Å². The van der Waals surface area contributed by atoms with Crippen LogP contribution in [-0.2, 0) is 9.53 Å². The molecule has 130 valence electrons. The first-order chi connectivity index (χ1) is 12.1. The lowest BCUT2D eigenvalue weighted by molar-refractivity contribution is -0.123. The first-order valence-corrected chi connectivity index (χ1v) is 8.23. The number of ether oxygens (including phenoxy) is 1. The minimum absolute atomic E-state index is 0.0607. The summed E-state index contributed by atoms with van der Waals surface area (Å²) in [6, 6.07) is 6.37. The van der Waals surface area contributed by atoms with Crippen molar-refractivity contribution in [3.63, 3.8) is 0 Å². The van der Waals surface area contributed by atoms with Gasteiger partial charge in [-0.1, -0.05) is 18.2 Å². The molecule has 3 N–H and O–H groups in total. The predicted molar refractivity (Wildman–Crippen MR) is 89.1 cm³/mol. The molecule has 2 amide bonds. The molecule has 0 radical (unpaired) electrons. The Hall–Kier alpha value is -2.74. The van der Waals surface area contributed by atoms with E-state index < -0.39 is 0 Å². The van der Waals surface area contributed by atoms with Crippen molar-refractivity contribution in [2.45, 2.75) is 31.5 Å². The lowest BCUT2D eigenvalue weighted by Crippen LogP contribution is -2.70. The maximum Gasteiger partial charge on any atom is 0.272 e. The Kier molecular flexibility index (Phi) is 3.76. The molecule has 1 aromatic carbocycles. The molecule has 1 aromatic heterocycles. The Morgan fingerprint density at radius 3 is 2.72 bits per heavy atom. The molecule has 0 spiro atoms. The first kappa shape index (κ1) is 15.8. The van der Waals surface area contributed by atoms with Crippen molar-refractivity contribution in [2.75, 3.05) is 6.61 Å². The third-order valence-electron chi connectivity index (χ3n) is 4.96. The van der Waals surface area contributed by atoms with Gasteiger partial charge in [-0.2, -0.15) is 5.10 Å². The maximum atomic E-state index is 12.7. The standard InChI is InChI=1S/C17H18N4O4/c1-8(22)18-14-12(11-6-7-25-15(11)14)19-17(24)13-9-4-2-3-5-10(9)16(23)21-20-13/h2-5,11-12,14-15H,6-7H2,1H3,(H,18,22)(H,19,24)(H,21,23)/t11-,12+,14-,15-/m0/s1. The monoisotopic (exact) mass is 342 g/mol. The summed E-state index contributed by atoms with van der Waals surface area (Å²) < 4.78 is 5.64. The highest BCUT2D eigenvalue weighted by atomic mass is 16.5. The van der Waals surface area contributed by atoms with Crippen LogP contribution in [0, 0.1) is 5.92 Å². The zero-order chi connectivity index (χ0) is 17.6. The zero-order valence-corrected chi connectivity index (χ0v) is 13.6. The van der Waals surface area contributed by atoms with E-state index in [0.717, 1.165) is 6.42 Å². The third kappa shape index (κ3) is 2.58. The van der Waals surface area contributed by atoms with Gasteiger partial charge in [-0.15, -0.1) is 0 Å². The highest BCUT2D eigenvalue weighted by Crippen LogP contribution is 2.39. The van der Waals surface area contributed by atoms with E-state index in [1.54, 1.807) is 24.3 Å². The highest BCUT2D eigenvalue weighted by Gasteiger charge is 2.55. The molecule has 1 aliphatic heterocycles. The second kappa shape index (κ2) is 5.96. The van der Waals surface area contributed by atoms with Crippen LogP contribution >= 0.6 is 0 Å². The number of carbonyl (C=O) groups excluding carboxylic acids is 2. The number of fused-ring (bicyclic) bond motifs is 2. The Bertz CT molecular complexity index is 909. The average Bonchev–Trinajstić information content (AvgIpc) is 3.03. The Balaban J connectivity index is 1.61. The molecule has 2 aliphatic rings. The van der Waals surface area contributed by atoms with Gasteiger partial charge in [0.15, 0.2) is 5.69 Å². The summed E-state index contributed by atoms with van der Waals surface area (Å²) in [5, 5.41) is 13.0. The fourth-order valence-corrected chi connectivity index (χ4v) is 3.82. The van der Waals surface area contributed by atoms with Crippen LogP contribution < -0.4 is 16.2 Å². The molecule has 2 heterocycles. The number of nitrogens with zero attached hydrogens (tertiary/aromatic N) is 1. The second-order valence-corrected chi connectivity index (χ2v) is 6.46. The zero-order valence-electron chi connectivity index (χ0n) is 13.6. The quantitative estimate of drug-likeness (QED) is 0.723. The van der Waals surface area contributed by atoms with E-state index >= 15 is 0 Å². The van der Waals surface area contributed by atoms with E-state index in [9.17, 15) is 14.4 Å². The molecule has 8 heteroatoms. The molecule has 1 aliphatic carbocycles. The third-order valence-corrected chi connectivity index (χ3v) is 4.96. The van der Waals surface area contributed by atoms with Gasteiger partial charge in [-0.25, -0.2) is 5.10 Å². The molecule has 4 atom stereocenters. The molecule has 2 fully saturated rings. The van der Waals surface area contributed by atoms with E-state index in [1.807, 2.05) is 0 Å². The SMILES string of the molecule is CC(=O)N[C@H]1[C@H](NC(=O)c2n[nH]c(=O)c3ccccc23)[C@@H]2CCO[C@@H]21. The van der Waals surface area contributed by atoms with Crippen molar-refractivity contribution < 1.29 is 14.3 Å². The van der Waals surface area contributed by atoms with Gasteiger partial charge in [-0.05, 0) is 12.5 Å². The van der Waals surface area contributed by atoms with Crippen molar-refractivity contribution in [3.8, 4) is 0 Å². The number of rotatable bonds is 3. The van der Waals surface area contributed by atoms with E-state index in [4.69, 9.17) is 4.74 Å². The van der Waals surface area contributed by atoms with Gasteiger partial charge in [0.2, 0.25) is 5.91 Å². The maximum absolute atomic E-state index is 12.7. The van der Waals surface area contributed by atoms with Gasteiger partial charge in [-0.3, -0.25) is 14.4 Å². The van der Waals surface area contributed by atoms with Crippen molar-refractivity contribution >= 4 is 22.6 Å². The summed E-state index contributed by atoms with van der Waals surface area (Å²) >= 11 is 0. The summed E-state index contributed by atoms with van der Waals surface area (Å²) in [6.07, 6.45) is 0.778. The number of hydrogen-bond donors (Lipinski definition) is 3. The average molecular weight is 342 g/mol. The predicted octanol–water partition coefficient (Wildman–Crippen LogP) is -0.0551. The van der Waals surface area contributed by atoms with Gasteiger partial charge in [0.1, 0.15) is 0 Å². The van der Waals surface area contributed by atoms with Gasteiger partial charge < -0.3 is 15.4 Å². The lowest BCUT2D eigenvalue weighted by atomic mass is 9.71. The van der Waals surface area contributed by atoms with Crippen molar-refractivity contribution in [1.29, 1.82) is 0 Å². The van der Waals surface area contributed by atoms with E-state index in [1.165, 1.54) is 6.92 Å². The first-order valence-electron chi connectivity index (χ1n) is 8.23. The molecule has 1 saturated heterocycles. The molecule has 8 nitrogen and oxygen atoms in total. The number of carbonyl (C=O) groups is 2.